The monoisotopic (exact) mass is 400 g/mol. The normalized spacial score (nSPS) is 23.5. The summed E-state index contributed by atoms with van der Waals surface area (Å²) in [7, 11) is 0. The quantitative estimate of drug-likeness (QED) is 0.773. The van der Waals surface area contributed by atoms with E-state index in [-0.39, 0.29) is 23.9 Å². The minimum absolute atomic E-state index is 0.0530. The lowest BCUT2D eigenvalue weighted by Crippen LogP contribution is -2.55. The Labute approximate surface area is 171 Å². The van der Waals surface area contributed by atoms with E-state index in [9.17, 15) is 9.18 Å². The van der Waals surface area contributed by atoms with Gasteiger partial charge in [0.2, 0.25) is 0 Å². The first-order valence-corrected chi connectivity index (χ1v) is 10.5. The van der Waals surface area contributed by atoms with Crippen LogP contribution in [0.2, 0.25) is 0 Å². The van der Waals surface area contributed by atoms with Crippen LogP contribution in [0.4, 0.5) is 10.1 Å². The zero-order valence-electron chi connectivity index (χ0n) is 17.0. The van der Waals surface area contributed by atoms with Crippen LogP contribution in [0.3, 0.4) is 0 Å². The number of amides is 1. The highest BCUT2D eigenvalue weighted by Crippen LogP contribution is 2.33. The van der Waals surface area contributed by atoms with Crippen LogP contribution in [0.25, 0.3) is 0 Å². The van der Waals surface area contributed by atoms with Crippen LogP contribution in [0.1, 0.15) is 38.4 Å². The topological polar surface area (TPSA) is 50.6 Å². The molecule has 156 valence electrons. The average molecular weight is 400 g/mol. The van der Waals surface area contributed by atoms with Gasteiger partial charge in [-0.1, -0.05) is 13.0 Å². The highest BCUT2D eigenvalue weighted by atomic mass is 19.1. The lowest BCUT2D eigenvalue weighted by Gasteiger charge is -2.42. The summed E-state index contributed by atoms with van der Waals surface area (Å²) in [4.78, 5) is 21.1. The van der Waals surface area contributed by atoms with Crippen molar-refractivity contribution < 1.29 is 13.9 Å². The van der Waals surface area contributed by atoms with Gasteiger partial charge < -0.3 is 14.2 Å². The maximum Gasteiger partial charge on any atom is 0.253 e. The molecule has 1 atom stereocenters. The number of aromatic nitrogens is 2. The molecule has 2 aliphatic heterocycles. The van der Waals surface area contributed by atoms with Crippen molar-refractivity contribution in [2.75, 3.05) is 31.1 Å². The third-order valence-electron chi connectivity index (χ3n) is 5.99. The van der Waals surface area contributed by atoms with Crippen LogP contribution < -0.4 is 4.90 Å². The Balaban J connectivity index is 1.44. The van der Waals surface area contributed by atoms with E-state index in [2.05, 4.69) is 21.4 Å². The molecule has 0 radical (unpaired) electrons. The second-order valence-corrected chi connectivity index (χ2v) is 8.10. The third-order valence-corrected chi connectivity index (χ3v) is 5.99. The first kappa shape index (κ1) is 20.0. The number of halogens is 1. The number of rotatable bonds is 5. The highest BCUT2D eigenvalue weighted by molar-refractivity contribution is 5.95. The number of nitrogens with zero attached hydrogens (tertiary/aromatic N) is 4. The van der Waals surface area contributed by atoms with E-state index in [1.807, 2.05) is 12.4 Å². The molecule has 7 heteroatoms. The number of aryl methyl sites for hydroxylation is 1. The van der Waals surface area contributed by atoms with E-state index in [1.165, 1.54) is 12.1 Å². The van der Waals surface area contributed by atoms with Crippen molar-refractivity contribution in [2.45, 2.75) is 51.3 Å². The zero-order valence-corrected chi connectivity index (χ0v) is 17.0. The summed E-state index contributed by atoms with van der Waals surface area (Å²) < 4.78 is 22.0. The fourth-order valence-electron chi connectivity index (χ4n) is 4.41. The molecule has 29 heavy (non-hydrogen) atoms. The molecule has 4 rings (SSSR count). The summed E-state index contributed by atoms with van der Waals surface area (Å²) in [6.45, 7) is 6.40. The number of hydrogen-bond donors (Lipinski definition) is 0. The van der Waals surface area contributed by atoms with Crippen molar-refractivity contribution in [3.8, 4) is 0 Å². The summed E-state index contributed by atoms with van der Waals surface area (Å²) in [6.07, 6.45) is 7.75. The number of anilines is 1. The lowest BCUT2D eigenvalue weighted by molar-refractivity contribution is -0.140. The van der Waals surface area contributed by atoms with Gasteiger partial charge in [-0.15, -0.1) is 0 Å². The van der Waals surface area contributed by atoms with Crippen LogP contribution in [0.5, 0.6) is 0 Å². The zero-order chi connectivity index (χ0) is 20.3. The predicted octanol–water partition coefficient (Wildman–Crippen LogP) is 3.22. The van der Waals surface area contributed by atoms with Crippen LogP contribution >= 0.6 is 0 Å². The van der Waals surface area contributed by atoms with Crippen LogP contribution in [-0.2, 0) is 22.6 Å². The minimum atomic E-state index is -0.367. The van der Waals surface area contributed by atoms with Crippen molar-refractivity contribution in [1.29, 1.82) is 0 Å². The van der Waals surface area contributed by atoms with Gasteiger partial charge in [-0.25, -0.2) is 9.37 Å². The molecule has 1 amide bonds. The van der Waals surface area contributed by atoms with Crippen molar-refractivity contribution in [1.82, 2.24) is 14.5 Å². The molecule has 0 N–H and O–H groups in total. The van der Waals surface area contributed by atoms with Crippen molar-refractivity contribution in [3.63, 3.8) is 0 Å². The van der Waals surface area contributed by atoms with Gasteiger partial charge in [0.1, 0.15) is 18.2 Å². The Morgan fingerprint density at radius 3 is 3.00 bits per heavy atom. The maximum absolute atomic E-state index is 13.7. The number of carbonyl (C=O) groups is 1. The van der Waals surface area contributed by atoms with Crippen LogP contribution in [0.15, 0.2) is 36.7 Å². The molecule has 2 aliphatic rings. The van der Waals surface area contributed by atoms with Gasteiger partial charge in [-0.3, -0.25) is 9.69 Å². The fraction of sp³-hybridized carbons (Fsp3) is 0.545. The minimum Gasteiger partial charge on any atom is -0.363 e. The summed E-state index contributed by atoms with van der Waals surface area (Å²) in [5.74, 6) is 0.665. The van der Waals surface area contributed by atoms with E-state index >= 15 is 0 Å². The Bertz CT molecular complexity index is 855. The number of benzene rings is 1. The molecule has 2 aromatic rings. The SMILES string of the molecule is CCCn1ccnc1CN1CCCC2(CC1)CN(c1cccc(F)c1)C(=O)CO2. The van der Waals surface area contributed by atoms with Gasteiger partial charge >= 0.3 is 0 Å². The maximum atomic E-state index is 13.7. The molecule has 0 aliphatic carbocycles. The Morgan fingerprint density at radius 1 is 1.28 bits per heavy atom. The van der Waals surface area contributed by atoms with Gasteiger partial charge in [-0.05, 0) is 50.4 Å². The molecule has 2 saturated heterocycles. The average Bonchev–Trinajstić information content (AvgIpc) is 3.05. The Hall–Kier alpha value is -2.25. The second kappa shape index (κ2) is 8.63. The lowest BCUT2D eigenvalue weighted by atomic mass is 9.92. The number of ether oxygens (including phenoxy) is 1. The molecule has 1 spiro atoms. The fourth-order valence-corrected chi connectivity index (χ4v) is 4.41. The number of carbonyl (C=O) groups excluding carboxylic acids is 1. The van der Waals surface area contributed by atoms with E-state index in [4.69, 9.17) is 4.74 Å². The van der Waals surface area contributed by atoms with Crippen molar-refractivity contribution in [2.24, 2.45) is 0 Å². The summed E-state index contributed by atoms with van der Waals surface area (Å²) in [5.41, 5.74) is 0.244. The summed E-state index contributed by atoms with van der Waals surface area (Å²) >= 11 is 0. The molecule has 1 unspecified atom stereocenters. The Morgan fingerprint density at radius 2 is 2.17 bits per heavy atom. The number of hydrogen-bond acceptors (Lipinski definition) is 4. The van der Waals surface area contributed by atoms with Crippen molar-refractivity contribution >= 4 is 11.6 Å². The predicted molar refractivity (Wildman–Crippen MR) is 109 cm³/mol. The number of morpholine rings is 1. The molecule has 1 aromatic heterocycles. The molecular formula is C22H29FN4O2. The molecular weight excluding hydrogens is 371 g/mol. The van der Waals surface area contributed by atoms with Gasteiger partial charge in [-0.2, -0.15) is 0 Å². The molecule has 3 heterocycles. The largest absolute Gasteiger partial charge is 0.363 e. The smallest absolute Gasteiger partial charge is 0.253 e. The van der Waals surface area contributed by atoms with E-state index in [0.29, 0.717) is 12.2 Å². The van der Waals surface area contributed by atoms with Gasteiger partial charge in [0.15, 0.2) is 0 Å². The van der Waals surface area contributed by atoms with E-state index < -0.39 is 0 Å². The molecule has 1 aromatic carbocycles. The van der Waals surface area contributed by atoms with E-state index in [0.717, 1.165) is 57.7 Å². The van der Waals surface area contributed by atoms with Crippen molar-refractivity contribution in [3.05, 3.63) is 48.3 Å². The summed E-state index contributed by atoms with van der Waals surface area (Å²) in [5, 5.41) is 0. The van der Waals surface area contributed by atoms with Crippen LogP contribution in [0, 0.1) is 5.82 Å². The Kier molecular flexibility index (Phi) is 5.96. The summed E-state index contributed by atoms with van der Waals surface area (Å²) in [6, 6.07) is 6.26. The first-order chi connectivity index (χ1) is 14.1. The molecule has 0 saturated carbocycles. The number of imidazole rings is 1. The van der Waals surface area contributed by atoms with Gasteiger partial charge in [0.25, 0.3) is 5.91 Å². The standard InChI is InChI=1S/C22H29FN4O2/c1-2-10-26-13-9-24-20(26)15-25-11-4-7-22(8-12-25)17-27(21(28)16-29-22)19-6-3-5-18(23)14-19/h3,5-6,9,13-14H,2,4,7-8,10-12,15-17H2,1H3. The first-order valence-electron chi connectivity index (χ1n) is 10.5. The number of likely N-dealkylation sites (tertiary alicyclic amines) is 1. The van der Waals surface area contributed by atoms with Gasteiger partial charge in [0.05, 0.1) is 18.7 Å². The van der Waals surface area contributed by atoms with Crippen LogP contribution in [-0.4, -0.2) is 52.2 Å². The third kappa shape index (κ3) is 4.51. The van der Waals surface area contributed by atoms with E-state index in [1.54, 1.807) is 17.0 Å². The molecule has 2 fully saturated rings. The highest BCUT2D eigenvalue weighted by Gasteiger charge is 2.41. The second-order valence-electron chi connectivity index (χ2n) is 8.10. The van der Waals surface area contributed by atoms with Gasteiger partial charge in [0, 0.05) is 31.2 Å². The molecule has 0 bridgehead atoms. The molecule has 6 nitrogen and oxygen atoms in total.